The summed E-state index contributed by atoms with van der Waals surface area (Å²) in [5.41, 5.74) is 1.00. The molecule has 1 aliphatic carbocycles. The molecule has 0 aliphatic heterocycles. The van der Waals surface area contributed by atoms with Gasteiger partial charge in [0.25, 0.3) is 0 Å². The molecule has 0 spiro atoms. The predicted octanol–water partition coefficient (Wildman–Crippen LogP) is 3.09. The number of hydrogen-bond donors (Lipinski definition) is 1. The molecule has 4 heteroatoms. The predicted molar refractivity (Wildman–Crippen MR) is 72.7 cm³/mol. The summed E-state index contributed by atoms with van der Waals surface area (Å²) in [5, 5.41) is 8.77. The van der Waals surface area contributed by atoms with Gasteiger partial charge in [0, 0.05) is 11.1 Å². The molecule has 106 valence electrons. The zero-order valence-corrected chi connectivity index (χ0v) is 11.6. The minimum atomic E-state index is -0.925. The first-order valence-electron chi connectivity index (χ1n) is 6.74. The van der Waals surface area contributed by atoms with Crippen molar-refractivity contribution in [2.24, 2.45) is 5.92 Å². The summed E-state index contributed by atoms with van der Waals surface area (Å²) in [5.74, 6) is -0.946. The van der Waals surface area contributed by atoms with Crippen LogP contribution in [0.2, 0.25) is 0 Å². The van der Waals surface area contributed by atoms with Crippen LogP contribution in [0.3, 0.4) is 0 Å². The van der Waals surface area contributed by atoms with E-state index in [9.17, 15) is 9.59 Å². The number of carboxylic acid groups (broad SMARTS) is 1. The van der Waals surface area contributed by atoms with E-state index in [2.05, 4.69) is 0 Å². The third-order valence-corrected chi connectivity index (χ3v) is 3.57. The van der Waals surface area contributed by atoms with Crippen LogP contribution < -0.4 is 0 Å². The first-order valence-corrected chi connectivity index (χ1v) is 6.74. The van der Waals surface area contributed by atoms with Crippen LogP contribution in [0.4, 0.5) is 0 Å². The molecule has 0 heterocycles. The summed E-state index contributed by atoms with van der Waals surface area (Å²) in [4.78, 5) is 22.5. The van der Waals surface area contributed by atoms with Crippen molar-refractivity contribution < 1.29 is 19.4 Å². The van der Waals surface area contributed by atoms with E-state index in [0.29, 0.717) is 17.6 Å². The van der Waals surface area contributed by atoms with E-state index in [1.807, 2.05) is 6.08 Å². The summed E-state index contributed by atoms with van der Waals surface area (Å²) in [6, 6.07) is 0. The van der Waals surface area contributed by atoms with E-state index in [-0.39, 0.29) is 11.9 Å². The van der Waals surface area contributed by atoms with E-state index in [4.69, 9.17) is 9.84 Å². The standard InChI is InChI=1S/C15H22O4/c1-11(14(16)17)7-6-10-13(15(18)19-2)12-8-4-3-5-9-12/h7,10,12H,3-6,8-9H2,1-2H3,(H,16,17). The Morgan fingerprint density at radius 2 is 1.84 bits per heavy atom. The van der Waals surface area contributed by atoms with Crippen LogP contribution in [0.15, 0.2) is 23.3 Å². The summed E-state index contributed by atoms with van der Waals surface area (Å²) in [7, 11) is 1.39. The molecule has 0 atom stereocenters. The molecule has 0 unspecified atom stereocenters. The number of carbonyl (C=O) groups excluding carboxylic acids is 1. The van der Waals surface area contributed by atoms with Crippen LogP contribution in [0.1, 0.15) is 45.4 Å². The number of esters is 1. The monoisotopic (exact) mass is 266 g/mol. The van der Waals surface area contributed by atoms with Crippen molar-refractivity contribution in [2.45, 2.75) is 45.4 Å². The van der Waals surface area contributed by atoms with Crippen molar-refractivity contribution in [2.75, 3.05) is 7.11 Å². The quantitative estimate of drug-likeness (QED) is 0.613. The fourth-order valence-corrected chi connectivity index (χ4v) is 2.40. The normalized spacial score (nSPS) is 18.2. The summed E-state index contributed by atoms with van der Waals surface area (Å²) >= 11 is 0. The maximum absolute atomic E-state index is 11.8. The molecule has 1 fully saturated rings. The van der Waals surface area contributed by atoms with Crippen molar-refractivity contribution in [3.05, 3.63) is 23.3 Å². The van der Waals surface area contributed by atoms with Gasteiger partial charge >= 0.3 is 11.9 Å². The zero-order valence-electron chi connectivity index (χ0n) is 11.6. The topological polar surface area (TPSA) is 63.6 Å². The van der Waals surface area contributed by atoms with Gasteiger partial charge in [-0.15, -0.1) is 0 Å². The second-order valence-corrected chi connectivity index (χ2v) is 4.91. The van der Waals surface area contributed by atoms with E-state index in [1.54, 1.807) is 13.0 Å². The minimum absolute atomic E-state index is 0.264. The summed E-state index contributed by atoms with van der Waals surface area (Å²) in [6.07, 6.45) is 9.43. The van der Waals surface area contributed by atoms with Gasteiger partial charge in [0.1, 0.15) is 0 Å². The molecular weight excluding hydrogens is 244 g/mol. The largest absolute Gasteiger partial charge is 0.478 e. The van der Waals surface area contributed by atoms with Gasteiger partial charge in [0.15, 0.2) is 0 Å². The highest BCUT2D eigenvalue weighted by Gasteiger charge is 2.23. The molecule has 1 N–H and O–H groups in total. The zero-order chi connectivity index (χ0) is 14.3. The Morgan fingerprint density at radius 3 is 2.37 bits per heavy atom. The van der Waals surface area contributed by atoms with Gasteiger partial charge in [-0.05, 0) is 32.1 Å². The van der Waals surface area contributed by atoms with E-state index < -0.39 is 5.97 Å². The molecule has 0 aromatic carbocycles. The van der Waals surface area contributed by atoms with Crippen LogP contribution in [0, 0.1) is 5.92 Å². The first-order chi connectivity index (χ1) is 9.06. The Bertz CT molecular complexity index is 387. The van der Waals surface area contributed by atoms with Crippen LogP contribution in [-0.4, -0.2) is 24.2 Å². The molecule has 1 aliphatic rings. The van der Waals surface area contributed by atoms with Gasteiger partial charge < -0.3 is 9.84 Å². The molecule has 1 rings (SSSR count). The fourth-order valence-electron chi connectivity index (χ4n) is 2.40. The third-order valence-electron chi connectivity index (χ3n) is 3.57. The third kappa shape index (κ3) is 4.89. The highest BCUT2D eigenvalue weighted by atomic mass is 16.5. The SMILES string of the molecule is COC(=O)C(=CCC=C(C)C(=O)O)C1CCCCC1. The minimum Gasteiger partial charge on any atom is -0.478 e. The Balaban J connectivity index is 2.75. The van der Waals surface area contributed by atoms with Crippen molar-refractivity contribution in [3.63, 3.8) is 0 Å². The molecule has 0 bridgehead atoms. The van der Waals surface area contributed by atoms with E-state index >= 15 is 0 Å². The molecule has 1 saturated carbocycles. The molecule has 4 nitrogen and oxygen atoms in total. The van der Waals surface area contributed by atoms with Crippen LogP contribution in [0.5, 0.6) is 0 Å². The van der Waals surface area contributed by atoms with Gasteiger partial charge in [-0.3, -0.25) is 0 Å². The maximum Gasteiger partial charge on any atom is 0.333 e. The van der Waals surface area contributed by atoms with Crippen molar-refractivity contribution in [1.29, 1.82) is 0 Å². The second-order valence-electron chi connectivity index (χ2n) is 4.91. The Hall–Kier alpha value is -1.58. The van der Waals surface area contributed by atoms with Gasteiger partial charge in [0.2, 0.25) is 0 Å². The molecular formula is C15H22O4. The highest BCUT2D eigenvalue weighted by Crippen LogP contribution is 2.30. The van der Waals surface area contributed by atoms with Crippen LogP contribution >= 0.6 is 0 Å². The second kappa shape index (κ2) is 7.77. The molecule has 0 amide bonds. The van der Waals surface area contributed by atoms with Gasteiger partial charge in [-0.2, -0.15) is 0 Å². The highest BCUT2D eigenvalue weighted by molar-refractivity contribution is 5.89. The van der Waals surface area contributed by atoms with Crippen molar-refractivity contribution >= 4 is 11.9 Å². The number of hydrogen-bond acceptors (Lipinski definition) is 3. The van der Waals surface area contributed by atoms with Crippen LogP contribution in [0.25, 0.3) is 0 Å². The number of rotatable bonds is 5. The van der Waals surface area contributed by atoms with E-state index in [0.717, 1.165) is 25.7 Å². The molecule has 0 aromatic rings. The average Bonchev–Trinajstić information content (AvgIpc) is 2.43. The number of carbonyl (C=O) groups is 2. The number of methoxy groups -OCH3 is 1. The summed E-state index contributed by atoms with van der Waals surface area (Å²) < 4.78 is 4.83. The number of ether oxygens (including phenoxy) is 1. The number of aliphatic carboxylic acids is 1. The maximum atomic E-state index is 11.8. The van der Waals surface area contributed by atoms with E-state index in [1.165, 1.54) is 13.5 Å². The Morgan fingerprint density at radius 1 is 1.21 bits per heavy atom. The lowest BCUT2D eigenvalue weighted by atomic mass is 9.83. The Kier molecular flexibility index (Phi) is 6.33. The first kappa shape index (κ1) is 15.5. The lowest BCUT2D eigenvalue weighted by Gasteiger charge is -2.23. The van der Waals surface area contributed by atoms with Crippen molar-refractivity contribution in [1.82, 2.24) is 0 Å². The number of carboxylic acids is 1. The van der Waals surface area contributed by atoms with Crippen molar-refractivity contribution in [3.8, 4) is 0 Å². The Labute approximate surface area is 114 Å². The average molecular weight is 266 g/mol. The molecule has 19 heavy (non-hydrogen) atoms. The molecule has 0 aromatic heterocycles. The summed E-state index contributed by atoms with van der Waals surface area (Å²) in [6.45, 7) is 1.55. The van der Waals surface area contributed by atoms with Gasteiger partial charge in [-0.1, -0.05) is 31.4 Å². The fraction of sp³-hybridized carbons (Fsp3) is 0.600. The lowest BCUT2D eigenvalue weighted by molar-refractivity contribution is -0.137. The molecule has 0 saturated heterocycles. The molecule has 0 radical (unpaired) electrons. The number of allylic oxidation sites excluding steroid dienone is 2. The van der Waals surface area contributed by atoms with Gasteiger partial charge in [-0.25, -0.2) is 9.59 Å². The smallest absolute Gasteiger partial charge is 0.333 e. The lowest BCUT2D eigenvalue weighted by Crippen LogP contribution is -2.17. The van der Waals surface area contributed by atoms with Crippen LogP contribution in [-0.2, 0) is 14.3 Å². The van der Waals surface area contributed by atoms with Gasteiger partial charge in [0.05, 0.1) is 7.11 Å².